The van der Waals surface area contributed by atoms with Crippen molar-refractivity contribution in [1.82, 2.24) is 14.3 Å². The molecule has 2 aromatic heterocycles. The summed E-state index contributed by atoms with van der Waals surface area (Å²) >= 11 is 6.12. The SMILES string of the molecule is Cc1ccc2cccc(S(=O)(=O)N3CCCC(Oc4ccncc4Cl)C3)c2n1. The van der Waals surface area contributed by atoms with Gasteiger partial charge in [-0.2, -0.15) is 4.31 Å². The number of aromatic nitrogens is 2. The monoisotopic (exact) mass is 417 g/mol. The molecule has 6 nitrogen and oxygen atoms in total. The Kier molecular flexibility index (Phi) is 5.23. The minimum absolute atomic E-state index is 0.233. The molecule has 1 fully saturated rings. The summed E-state index contributed by atoms with van der Waals surface area (Å²) in [6.45, 7) is 2.57. The maximum absolute atomic E-state index is 13.4. The number of pyridine rings is 2. The Bertz CT molecular complexity index is 1120. The molecule has 28 heavy (non-hydrogen) atoms. The van der Waals surface area contributed by atoms with Gasteiger partial charge in [-0.15, -0.1) is 0 Å². The molecular weight excluding hydrogens is 398 g/mol. The molecule has 0 N–H and O–H groups in total. The fourth-order valence-corrected chi connectivity index (χ4v) is 5.25. The molecule has 3 aromatic rings. The zero-order valence-corrected chi connectivity index (χ0v) is 16.9. The van der Waals surface area contributed by atoms with Gasteiger partial charge in [0.15, 0.2) is 0 Å². The van der Waals surface area contributed by atoms with Crippen LogP contribution in [0.1, 0.15) is 18.5 Å². The van der Waals surface area contributed by atoms with Crippen LogP contribution < -0.4 is 4.74 Å². The highest BCUT2D eigenvalue weighted by molar-refractivity contribution is 7.89. The van der Waals surface area contributed by atoms with Crippen molar-refractivity contribution in [2.45, 2.75) is 30.8 Å². The van der Waals surface area contributed by atoms with Crippen molar-refractivity contribution in [2.75, 3.05) is 13.1 Å². The first-order valence-corrected chi connectivity index (χ1v) is 10.9. The maximum Gasteiger partial charge on any atom is 0.245 e. The van der Waals surface area contributed by atoms with E-state index in [1.807, 2.05) is 25.1 Å². The third-order valence-electron chi connectivity index (χ3n) is 4.81. The molecule has 0 radical (unpaired) electrons. The molecule has 1 unspecified atom stereocenters. The van der Waals surface area contributed by atoms with E-state index in [1.54, 1.807) is 24.4 Å². The molecule has 3 heterocycles. The number of rotatable bonds is 4. The summed E-state index contributed by atoms with van der Waals surface area (Å²) in [6, 6.07) is 10.7. The highest BCUT2D eigenvalue weighted by Crippen LogP contribution is 2.29. The number of para-hydroxylation sites is 1. The largest absolute Gasteiger partial charge is 0.487 e. The number of fused-ring (bicyclic) bond motifs is 1. The average Bonchev–Trinajstić information content (AvgIpc) is 2.69. The zero-order chi connectivity index (χ0) is 19.7. The van der Waals surface area contributed by atoms with Gasteiger partial charge in [0.1, 0.15) is 21.8 Å². The van der Waals surface area contributed by atoms with Crippen LogP contribution in [-0.2, 0) is 10.0 Å². The maximum atomic E-state index is 13.4. The van der Waals surface area contributed by atoms with Crippen molar-refractivity contribution < 1.29 is 13.2 Å². The number of ether oxygens (including phenoxy) is 1. The predicted octanol–water partition coefficient (Wildman–Crippen LogP) is 3.82. The van der Waals surface area contributed by atoms with Gasteiger partial charge in [-0.1, -0.05) is 29.8 Å². The molecule has 1 saturated heterocycles. The number of piperidine rings is 1. The summed E-state index contributed by atoms with van der Waals surface area (Å²) in [4.78, 5) is 8.65. The normalized spacial score (nSPS) is 18.3. The zero-order valence-electron chi connectivity index (χ0n) is 15.4. The smallest absolute Gasteiger partial charge is 0.245 e. The number of hydrogen-bond donors (Lipinski definition) is 0. The van der Waals surface area contributed by atoms with Crippen LogP contribution in [0.4, 0.5) is 0 Å². The van der Waals surface area contributed by atoms with Gasteiger partial charge in [0.25, 0.3) is 0 Å². The third kappa shape index (κ3) is 3.70. The molecular formula is C20H20ClN3O3S. The standard InChI is InChI=1S/C20H20ClN3O3S/c1-14-7-8-15-4-2-6-19(20(15)23-14)28(25,26)24-11-3-5-16(13-24)27-18-9-10-22-12-17(18)21/h2,4,6-10,12,16H,3,5,11,13H2,1H3. The summed E-state index contributed by atoms with van der Waals surface area (Å²) in [7, 11) is -3.70. The van der Waals surface area contributed by atoms with Crippen molar-refractivity contribution in [1.29, 1.82) is 0 Å². The third-order valence-corrected chi connectivity index (χ3v) is 6.99. The highest BCUT2D eigenvalue weighted by atomic mass is 35.5. The number of nitrogens with zero attached hydrogens (tertiary/aromatic N) is 3. The van der Waals surface area contributed by atoms with Crippen LogP contribution in [0.5, 0.6) is 5.75 Å². The van der Waals surface area contributed by atoms with E-state index in [1.165, 1.54) is 10.5 Å². The fourth-order valence-electron chi connectivity index (χ4n) is 3.42. The molecule has 1 aromatic carbocycles. The van der Waals surface area contributed by atoms with Gasteiger partial charge in [0, 0.05) is 36.1 Å². The first-order valence-electron chi connectivity index (χ1n) is 9.08. The minimum atomic E-state index is -3.70. The number of aryl methyl sites for hydroxylation is 1. The fraction of sp³-hybridized carbons (Fsp3) is 0.300. The van der Waals surface area contributed by atoms with Crippen molar-refractivity contribution in [3.05, 3.63) is 59.5 Å². The lowest BCUT2D eigenvalue weighted by molar-refractivity contribution is 0.130. The molecule has 0 amide bonds. The summed E-state index contributed by atoms with van der Waals surface area (Å²) < 4.78 is 34.2. The molecule has 8 heteroatoms. The van der Waals surface area contributed by atoms with E-state index in [-0.39, 0.29) is 17.5 Å². The van der Waals surface area contributed by atoms with Crippen LogP contribution >= 0.6 is 11.6 Å². The Morgan fingerprint density at radius 1 is 1.21 bits per heavy atom. The van der Waals surface area contributed by atoms with Crippen LogP contribution in [0.15, 0.2) is 53.7 Å². The van der Waals surface area contributed by atoms with Gasteiger partial charge < -0.3 is 4.74 Å². The van der Waals surface area contributed by atoms with E-state index >= 15 is 0 Å². The Morgan fingerprint density at radius 2 is 2.07 bits per heavy atom. The second-order valence-corrected chi connectivity index (χ2v) is 9.15. The Labute approximate surface area is 169 Å². The lowest BCUT2D eigenvalue weighted by Crippen LogP contribution is -2.44. The van der Waals surface area contributed by atoms with Crippen LogP contribution in [0, 0.1) is 6.92 Å². The molecule has 1 aliphatic rings. The van der Waals surface area contributed by atoms with E-state index in [0.29, 0.717) is 29.3 Å². The number of sulfonamides is 1. The van der Waals surface area contributed by atoms with Crippen molar-refractivity contribution in [2.24, 2.45) is 0 Å². The first-order chi connectivity index (χ1) is 13.4. The quantitative estimate of drug-likeness (QED) is 0.645. The van der Waals surface area contributed by atoms with Gasteiger partial charge in [0.2, 0.25) is 10.0 Å². The van der Waals surface area contributed by atoms with E-state index in [9.17, 15) is 8.42 Å². The van der Waals surface area contributed by atoms with Gasteiger partial charge in [-0.05, 0) is 31.9 Å². The summed E-state index contributed by atoms with van der Waals surface area (Å²) in [5.41, 5.74) is 1.28. The molecule has 0 bridgehead atoms. The Morgan fingerprint density at radius 3 is 2.89 bits per heavy atom. The topological polar surface area (TPSA) is 72.4 Å². The number of halogens is 1. The molecule has 4 rings (SSSR count). The van der Waals surface area contributed by atoms with E-state index < -0.39 is 10.0 Å². The molecule has 0 aliphatic carbocycles. The predicted molar refractivity (Wildman–Crippen MR) is 108 cm³/mol. The average molecular weight is 418 g/mol. The highest BCUT2D eigenvalue weighted by Gasteiger charge is 2.32. The summed E-state index contributed by atoms with van der Waals surface area (Å²) in [5, 5.41) is 1.22. The second kappa shape index (κ2) is 7.66. The Balaban J connectivity index is 1.63. The minimum Gasteiger partial charge on any atom is -0.487 e. The van der Waals surface area contributed by atoms with Crippen molar-refractivity contribution in [3.63, 3.8) is 0 Å². The van der Waals surface area contributed by atoms with Crippen LogP contribution in [0.3, 0.4) is 0 Å². The van der Waals surface area contributed by atoms with Crippen molar-refractivity contribution >= 4 is 32.5 Å². The lowest BCUT2D eigenvalue weighted by Gasteiger charge is -2.32. The molecule has 1 aliphatic heterocycles. The first kappa shape index (κ1) is 19.1. The molecule has 1 atom stereocenters. The Hall–Kier alpha value is -2.22. The van der Waals surface area contributed by atoms with Gasteiger partial charge in [-0.25, -0.2) is 8.42 Å². The van der Waals surface area contributed by atoms with E-state index in [4.69, 9.17) is 16.3 Å². The van der Waals surface area contributed by atoms with Crippen molar-refractivity contribution in [3.8, 4) is 5.75 Å². The summed E-state index contributed by atoms with van der Waals surface area (Å²) in [5.74, 6) is 0.517. The van der Waals surface area contributed by atoms with Crippen LogP contribution in [0.25, 0.3) is 10.9 Å². The number of hydrogen-bond acceptors (Lipinski definition) is 5. The van der Waals surface area contributed by atoms with E-state index in [0.717, 1.165) is 17.5 Å². The number of benzene rings is 1. The molecule has 0 spiro atoms. The lowest BCUT2D eigenvalue weighted by atomic mass is 10.1. The van der Waals surface area contributed by atoms with Gasteiger partial charge in [-0.3, -0.25) is 9.97 Å². The molecule has 146 valence electrons. The second-order valence-electron chi connectivity index (χ2n) is 6.83. The van der Waals surface area contributed by atoms with Gasteiger partial charge in [0.05, 0.1) is 12.1 Å². The van der Waals surface area contributed by atoms with Crippen LogP contribution in [-0.4, -0.2) is 41.9 Å². The summed E-state index contributed by atoms with van der Waals surface area (Å²) in [6.07, 6.45) is 4.32. The van der Waals surface area contributed by atoms with Gasteiger partial charge >= 0.3 is 0 Å². The molecule has 0 saturated carbocycles. The van der Waals surface area contributed by atoms with E-state index in [2.05, 4.69) is 9.97 Å². The van der Waals surface area contributed by atoms with Crippen LogP contribution in [0.2, 0.25) is 5.02 Å².